The molecular weight excluding hydrogens is 327 g/mol. The number of carboxylic acid groups (broad SMARTS) is 1. The molecule has 0 spiro atoms. The van der Waals surface area contributed by atoms with Crippen LogP contribution in [0.5, 0.6) is 0 Å². The molecule has 2 N–H and O–H groups in total. The van der Waals surface area contributed by atoms with Crippen LogP contribution in [0.25, 0.3) is 11.1 Å². The SMILES string of the molecule is Cc1nc2cc(NC(=O)CC(C(=O)O)c3ccc(F)cc3)ccc2o1. The predicted molar refractivity (Wildman–Crippen MR) is 88.8 cm³/mol. The number of fused-ring (bicyclic) bond motifs is 1. The van der Waals surface area contributed by atoms with Crippen LogP contribution < -0.4 is 5.32 Å². The Kier molecular flexibility index (Phi) is 4.47. The monoisotopic (exact) mass is 342 g/mol. The van der Waals surface area contributed by atoms with E-state index in [2.05, 4.69) is 10.3 Å². The summed E-state index contributed by atoms with van der Waals surface area (Å²) >= 11 is 0. The van der Waals surface area contributed by atoms with Gasteiger partial charge in [0, 0.05) is 19.0 Å². The molecule has 128 valence electrons. The highest BCUT2D eigenvalue weighted by Crippen LogP contribution is 2.23. The number of rotatable bonds is 5. The summed E-state index contributed by atoms with van der Waals surface area (Å²) in [5, 5.41) is 12.0. The van der Waals surface area contributed by atoms with Crippen LogP contribution in [0.3, 0.4) is 0 Å². The zero-order chi connectivity index (χ0) is 18.0. The van der Waals surface area contributed by atoms with Crippen molar-refractivity contribution in [1.82, 2.24) is 4.98 Å². The average Bonchev–Trinajstić information content (AvgIpc) is 2.92. The standard InChI is InChI=1S/C18H15FN2O4/c1-10-20-15-8-13(6-7-16(15)25-10)21-17(22)9-14(18(23)24)11-2-4-12(19)5-3-11/h2-8,14H,9H2,1H3,(H,21,22)(H,23,24). The smallest absolute Gasteiger partial charge is 0.311 e. The van der Waals surface area contributed by atoms with Gasteiger partial charge in [-0.3, -0.25) is 9.59 Å². The number of hydrogen-bond acceptors (Lipinski definition) is 4. The van der Waals surface area contributed by atoms with E-state index in [1.165, 1.54) is 24.3 Å². The molecule has 1 amide bonds. The highest BCUT2D eigenvalue weighted by Gasteiger charge is 2.23. The van der Waals surface area contributed by atoms with Crippen molar-refractivity contribution in [2.75, 3.05) is 5.32 Å². The fourth-order valence-corrected chi connectivity index (χ4v) is 2.56. The summed E-state index contributed by atoms with van der Waals surface area (Å²) < 4.78 is 18.3. The second kappa shape index (κ2) is 6.72. The van der Waals surface area contributed by atoms with Gasteiger partial charge in [-0.25, -0.2) is 9.37 Å². The third-order valence-electron chi connectivity index (χ3n) is 3.74. The van der Waals surface area contributed by atoms with Gasteiger partial charge in [-0.05, 0) is 35.9 Å². The number of aryl methyl sites for hydroxylation is 1. The lowest BCUT2D eigenvalue weighted by atomic mass is 9.95. The molecule has 1 unspecified atom stereocenters. The molecule has 25 heavy (non-hydrogen) atoms. The maximum atomic E-state index is 13.0. The quantitative estimate of drug-likeness (QED) is 0.740. The molecule has 3 rings (SSSR count). The van der Waals surface area contributed by atoms with E-state index < -0.39 is 23.6 Å². The summed E-state index contributed by atoms with van der Waals surface area (Å²) in [5.41, 5.74) is 2.06. The average molecular weight is 342 g/mol. The van der Waals surface area contributed by atoms with Crippen molar-refractivity contribution in [3.05, 3.63) is 59.7 Å². The van der Waals surface area contributed by atoms with E-state index in [1.807, 2.05) is 0 Å². The minimum Gasteiger partial charge on any atom is -0.481 e. The molecule has 0 saturated carbocycles. The Morgan fingerprint density at radius 1 is 1.24 bits per heavy atom. The van der Waals surface area contributed by atoms with Crippen LogP contribution in [0.15, 0.2) is 46.9 Å². The molecule has 0 aliphatic rings. The molecular formula is C18H15FN2O4. The molecule has 3 aromatic rings. The second-order valence-electron chi connectivity index (χ2n) is 5.61. The van der Waals surface area contributed by atoms with E-state index in [1.54, 1.807) is 25.1 Å². The highest BCUT2D eigenvalue weighted by atomic mass is 19.1. The number of oxazole rings is 1. The summed E-state index contributed by atoms with van der Waals surface area (Å²) in [4.78, 5) is 27.8. The van der Waals surface area contributed by atoms with Crippen LogP contribution in [0.4, 0.5) is 10.1 Å². The zero-order valence-electron chi connectivity index (χ0n) is 13.3. The van der Waals surface area contributed by atoms with Crippen LogP contribution in [-0.4, -0.2) is 22.0 Å². The minimum absolute atomic E-state index is 0.267. The van der Waals surface area contributed by atoms with Crippen molar-refractivity contribution in [3.8, 4) is 0 Å². The van der Waals surface area contributed by atoms with E-state index >= 15 is 0 Å². The summed E-state index contributed by atoms with van der Waals surface area (Å²) in [6, 6.07) is 10.1. The van der Waals surface area contributed by atoms with E-state index in [0.29, 0.717) is 28.2 Å². The Bertz CT molecular complexity index is 934. The van der Waals surface area contributed by atoms with Gasteiger partial charge in [0.2, 0.25) is 5.91 Å². The van der Waals surface area contributed by atoms with Crippen molar-refractivity contribution in [2.45, 2.75) is 19.3 Å². The molecule has 0 bridgehead atoms. The van der Waals surface area contributed by atoms with E-state index in [-0.39, 0.29) is 6.42 Å². The maximum Gasteiger partial charge on any atom is 0.311 e. The first kappa shape index (κ1) is 16.6. The third kappa shape index (κ3) is 3.82. The largest absolute Gasteiger partial charge is 0.481 e. The molecule has 1 heterocycles. The van der Waals surface area contributed by atoms with E-state index in [9.17, 15) is 19.1 Å². The summed E-state index contributed by atoms with van der Waals surface area (Å²) in [5.74, 6) is -2.62. The molecule has 6 nitrogen and oxygen atoms in total. The predicted octanol–water partition coefficient (Wildman–Crippen LogP) is 3.47. The molecule has 0 aliphatic carbocycles. The lowest BCUT2D eigenvalue weighted by Crippen LogP contribution is -2.20. The first-order valence-corrected chi connectivity index (χ1v) is 7.57. The number of aliphatic carboxylic acids is 1. The van der Waals surface area contributed by atoms with Gasteiger partial charge in [0.05, 0.1) is 5.92 Å². The Morgan fingerprint density at radius 3 is 2.64 bits per heavy atom. The van der Waals surface area contributed by atoms with Gasteiger partial charge in [0.1, 0.15) is 11.3 Å². The lowest BCUT2D eigenvalue weighted by molar-refractivity contribution is -0.140. The molecule has 1 aromatic heterocycles. The highest BCUT2D eigenvalue weighted by molar-refractivity contribution is 5.95. The maximum absolute atomic E-state index is 13.0. The number of benzene rings is 2. The number of anilines is 1. The molecule has 0 saturated heterocycles. The number of nitrogens with zero attached hydrogens (tertiary/aromatic N) is 1. The summed E-state index contributed by atoms with van der Waals surface area (Å²) in [7, 11) is 0. The Morgan fingerprint density at radius 2 is 1.96 bits per heavy atom. The molecule has 0 radical (unpaired) electrons. The van der Waals surface area contributed by atoms with Crippen molar-refractivity contribution >= 4 is 28.7 Å². The van der Waals surface area contributed by atoms with Gasteiger partial charge in [-0.1, -0.05) is 12.1 Å². The first-order chi connectivity index (χ1) is 11.9. The number of aromatic nitrogens is 1. The molecule has 0 fully saturated rings. The summed E-state index contributed by atoms with van der Waals surface area (Å²) in [6.45, 7) is 1.72. The summed E-state index contributed by atoms with van der Waals surface area (Å²) in [6.07, 6.45) is -0.267. The molecule has 0 aliphatic heterocycles. The van der Waals surface area contributed by atoms with Crippen molar-refractivity contribution in [1.29, 1.82) is 0 Å². The number of nitrogens with one attached hydrogen (secondary N) is 1. The van der Waals surface area contributed by atoms with Gasteiger partial charge in [0.25, 0.3) is 0 Å². The van der Waals surface area contributed by atoms with Gasteiger partial charge in [0.15, 0.2) is 11.5 Å². The first-order valence-electron chi connectivity index (χ1n) is 7.57. The van der Waals surface area contributed by atoms with E-state index in [4.69, 9.17) is 4.42 Å². The normalized spacial score (nSPS) is 12.1. The van der Waals surface area contributed by atoms with Gasteiger partial charge in [-0.15, -0.1) is 0 Å². The van der Waals surface area contributed by atoms with Crippen molar-refractivity contribution in [2.24, 2.45) is 0 Å². The van der Waals surface area contributed by atoms with Gasteiger partial charge in [-0.2, -0.15) is 0 Å². The minimum atomic E-state index is -1.15. The number of amides is 1. The van der Waals surface area contributed by atoms with Gasteiger partial charge >= 0.3 is 5.97 Å². The van der Waals surface area contributed by atoms with E-state index in [0.717, 1.165) is 0 Å². The Hall–Kier alpha value is -3.22. The number of hydrogen-bond donors (Lipinski definition) is 2. The molecule has 2 aromatic carbocycles. The zero-order valence-corrected chi connectivity index (χ0v) is 13.3. The van der Waals surface area contributed by atoms with Crippen LogP contribution in [-0.2, 0) is 9.59 Å². The number of carbonyl (C=O) groups is 2. The van der Waals surface area contributed by atoms with Crippen molar-refractivity contribution < 1.29 is 23.5 Å². The van der Waals surface area contributed by atoms with Gasteiger partial charge < -0.3 is 14.8 Å². The van der Waals surface area contributed by atoms with Crippen LogP contribution in [0, 0.1) is 12.7 Å². The lowest BCUT2D eigenvalue weighted by Gasteiger charge is -2.13. The number of halogens is 1. The number of carbonyl (C=O) groups excluding carboxylic acids is 1. The van der Waals surface area contributed by atoms with Crippen LogP contribution >= 0.6 is 0 Å². The fourth-order valence-electron chi connectivity index (χ4n) is 2.56. The third-order valence-corrected chi connectivity index (χ3v) is 3.74. The van der Waals surface area contributed by atoms with Crippen LogP contribution in [0.1, 0.15) is 23.8 Å². The Balaban J connectivity index is 1.74. The van der Waals surface area contributed by atoms with Crippen LogP contribution in [0.2, 0.25) is 0 Å². The topological polar surface area (TPSA) is 92.4 Å². The molecule has 1 atom stereocenters. The number of carboxylic acids is 1. The van der Waals surface area contributed by atoms with Crippen molar-refractivity contribution in [3.63, 3.8) is 0 Å². The fraction of sp³-hybridized carbons (Fsp3) is 0.167. The molecule has 7 heteroatoms. The second-order valence-corrected chi connectivity index (χ2v) is 5.61. The Labute approximate surface area is 142 Å².